The Morgan fingerprint density at radius 1 is 1.09 bits per heavy atom. The van der Waals surface area contributed by atoms with Crippen LogP contribution in [-0.4, -0.2) is 32.0 Å². The molecule has 33 heavy (non-hydrogen) atoms. The molecular weight excluding hydrogens is 418 g/mol. The molecule has 8 nitrogen and oxygen atoms in total. The van der Waals surface area contributed by atoms with E-state index in [1.54, 1.807) is 16.8 Å². The summed E-state index contributed by atoms with van der Waals surface area (Å²) in [6.45, 7) is 2.20. The van der Waals surface area contributed by atoms with E-state index in [1.165, 1.54) is 25.5 Å². The number of carbonyl (C=O) groups excluding carboxylic acids is 2. The molecule has 0 fully saturated rings. The fraction of sp³-hybridized carbons (Fsp3) is 0.320. The highest BCUT2D eigenvalue weighted by atomic mass is 16.1. The van der Waals surface area contributed by atoms with Crippen LogP contribution in [0.15, 0.2) is 53.6 Å². The van der Waals surface area contributed by atoms with E-state index in [-0.39, 0.29) is 5.56 Å². The number of aldehydes is 1. The van der Waals surface area contributed by atoms with Crippen LogP contribution >= 0.6 is 0 Å². The van der Waals surface area contributed by atoms with E-state index < -0.39 is 5.91 Å². The van der Waals surface area contributed by atoms with Crippen molar-refractivity contribution in [2.24, 2.45) is 5.73 Å². The van der Waals surface area contributed by atoms with Gasteiger partial charge >= 0.3 is 0 Å². The van der Waals surface area contributed by atoms with E-state index in [9.17, 15) is 14.4 Å². The first-order valence-corrected chi connectivity index (χ1v) is 11.2. The molecule has 4 aromatic rings. The standard InChI is InChI=1S/C14H18N2O.C11H11N3O2/c1-2-3-4-5-10-13-11-8-6-7-9-12(11)14(17)16-15-13;12-11(16)9-6-13-14-7-8(2-1-5-15)3-4-10(9)14/h6-9H,2-5,10H2,1H3,(H,16,17);3-7H,1-2H2,(H2,12,16). The number of aromatic amines is 1. The fourth-order valence-corrected chi connectivity index (χ4v) is 3.67. The number of carbonyl (C=O) groups is 2. The van der Waals surface area contributed by atoms with Crippen molar-refractivity contribution in [1.82, 2.24) is 19.8 Å². The van der Waals surface area contributed by atoms with Gasteiger partial charge in [-0.15, -0.1) is 0 Å². The molecule has 0 bridgehead atoms. The Balaban J connectivity index is 0.000000186. The number of aromatic nitrogens is 4. The number of pyridine rings is 1. The second-order valence-corrected chi connectivity index (χ2v) is 7.85. The Bertz CT molecular complexity index is 1290. The molecule has 172 valence electrons. The molecule has 0 radical (unpaired) electrons. The van der Waals surface area contributed by atoms with Crippen LogP contribution < -0.4 is 11.3 Å². The highest BCUT2D eigenvalue weighted by Gasteiger charge is 2.09. The lowest BCUT2D eigenvalue weighted by molar-refractivity contribution is -0.107. The van der Waals surface area contributed by atoms with Crippen LogP contribution in [0.3, 0.4) is 0 Å². The van der Waals surface area contributed by atoms with Crippen molar-refractivity contribution >= 4 is 28.5 Å². The highest BCUT2D eigenvalue weighted by Crippen LogP contribution is 2.15. The van der Waals surface area contributed by atoms with Gasteiger partial charge in [0.1, 0.15) is 6.29 Å². The Morgan fingerprint density at radius 2 is 1.88 bits per heavy atom. The van der Waals surface area contributed by atoms with Crippen LogP contribution in [-0.2, 0) is 17.6 Å². The van der Waals surface area contributed by atoms with Crippen molar-refractivity contribution in [3.8, 4) is 0 Å². The lowest BCUT2D eigenvalue weighted by Crippen LogP contribution is -2.10. The number of nitrogens with one attached hydrogen (secondary N) is 1. The van der Waals surface area contributed by atoms with Gasteiger partial charge in [-0.3, -0.25) is 9.59 Å². The van der Waals surface area contributed by atoms with Crippen molar-refractivity contribution in [2.45, 2.75) is 51.9 Å². The van der Waals surface area contributed by atoms with Gasteiger partial charge in [0, 0.05) is 18.0 Å². The average Bonchev–Trinajstić information content (AvgIpc) is 3.26. The van der Waals surface area contributed by atoms with Gasteiger partial charge in [0.15, 0.2) is 0 Å². The molecule has 3 heterocycles. The molecule has 0 saturated heterocycles. The van der Waals surface area contributed by atoms with E-state index in [0.29, 0.717) is 23.9 Å². The SMILES string of the molecule is CCCCCCc1n[nH]c(=O)c2ccccc12.NC(=O)c1cnn2cc(CCC=O)ccc12. The third kappa shape index (κ3) is 6.12. The molecule has 0 unspecified atom stereocenters. The molecule has 3 N–H and O–H groups in total. The molecule has 0 saturated carbocycles. The lowest BCUT2D eigenvalue weighted by atomic mass is 10.1. The molecule has 0 spiro atoms. The number of rotatable bonds is 9. The summed E-state index contributed by atoms with van der Waals surface area (Å²) in [7, 11) is 0. The first kappa shape index (κ1) is 23.8. The van der Waals surface area contributed by atoms with E-state index >= 15 is 0 Å². The monoisotopic (exact) mass is 447 g/mol. The summed E-state index contributed by atoms with van der Waals surface area (Å²) in [6.07, 6.45) is 11.1. The van der Waals surface area contributed by atoms with Gasteiger partial charge in [-0.2, -0.15) is 10.2 Å². The van der Waals surface area contributed by atoms with Crippen molar-refractivity contribution in [2.75, 3.05) is 0 Å². The Labute approximate surface area is 191 Å². The second kappa shape index (κ2) is 11.7. The van der Waals surface area contributed by atoms with Gasteiger partial charge < -0.3 is 10.5 Å². The van der Waals surface area contributed by atoms with Crippen LogP contribution in [0, 0.1) is 0 Å². The summed E-state index contributed by atoms with van der Waals surface area (Å²) >= 11 is 0. The third-order valence-corrected chi connectivity index (χ3v) is 5.44. The van der Waals surface area contributed by atoms with Crippen molar-refractivity contribution < 1.29 is 9.59 Å². The number of benzene rings is 1. The van der Waals surface area contributed by atoms with Crippen molar-refractivity contribution in [3.05, 3.63) is 76.0 Å². The molecule has 0 aliphatic heterocycles. The number of fused-ring (bicyclic) bond motifs is 2. The number of nitrogens with two attached hydrogens (primary N) is 1. The van der Waals surface area contributed by atoms with Gasteiger partial charge in [-0.25, -0.2) is 9.61 Å². The van der Waals surface area contributed by atoms with E-state index in [1.807, 2.05) is 30.3 Å². The number of unbranched alkanes of at least 4 members (excludes halogenated alkanes) is 3. The van der Waals surface area contributed by atoms with Gasteiger partial charge in [0.25, 0.3) is 11.5 Å². The smallest absolute Gasteiger partial charge is 0.272 e. The number of amides is 1. The quantitative estimate of drug-likeness (QED) is 0.300. The topological polar surface area (TPSA) is 123 Å². The Morgan fingerprint density at radius 3 is 2.61 bits per heavy atom. The maximum atomic E-state index is 11.6. The van der Waals surface area contributed by atoms with Gasteiger partial charge in [0.2, 0.25) is 0 Å². The zero-order chi connectivity index (χ0) is 23.6. The molecule has 1 amide bonds. The van der Waals surface area contributed by atoms with Crippen molar-refractivity contribution in [3.63, 3.8) is 0 Å². The van der Waals surface area contributed by atoms with Gasteiger partial charge in [0.05, 0.1) is 28.4 Å². The second-order valence-electron chi connectivity index (χ2n) is 7.85. The minimum Gasteiger partial charge on any atom is -0.365 e. The Hall–Kier alpha value is -3.81. The van der Waals surface area contributed by atoms with Crippen LogP contribution in [0.5, 0.6) is 0 Å². The minimum atomic E-state index is -0.490. The molecule has 8 heteroatoms. The minimum absolute atomic E-state index is 0.0992. The zero-order valence-electron chi connectivity index (χ0n) is 18.8. The lowest BCUT2D eigenvalue weighted by Gasteiger charge is -2.04. The molecule has 3 aromatic heterocycles. The maximum absolute atomic E-state index is 11.6. The van der Waals surface area contributed by atoms with Crippen molar-refractivity contribution in [1.29, 1.82) is 0 Å². The first-order valence-electron chi connectivity index (χ1n) is 11.2. The van der Waals surface area contributed by atoms with E-state index in [0.717, 1.165) is 41.2 Å². The number of H-pyrrole nitrogens is 1. The molecule has 1 aromatic carbocycles. The highest BCUT2D eigenvalue weighted by molar-refractivity contribution is 5.99. The fourth-order valence-electron chi connectivity index (χ4n) is 3.67. The number of aryl methyl sites for hydroxylation is 2. The molecule has 0 aliphatic carbocycles. The molecule has 0 aliphatic rings. The normalized spacial score (nSPS) is 10.7. The zero-order valence-corrected chi connectivity index (χ0v) is 18.8. The summed E-state index contributed by atoms with van der Waals surface area (Å²) in [5.41, 5.74) is 8.20. The summed E-state index contributed by atoms with van der Waals surface area (Å²) in [5.74, 6) is -0.490. The van der Waals surface area contributed by atoms with Gasteiger partial charge in [-0.1, -0.05) is 50.5 Å². The first-order chi connectivity index (χ1) is 16.0. The van der Waals surface area contributed by atoms with Crippen LogP contribution in [0.2, 0.25) is 0 Å². The summed E-state index contributed by atoms with van der Waals surface area (Å²) in [6, 6.07) is 11.3. The van der Waals surface area contributed by atoms with E-state index in [2.05, 4.69) is 22.2 Å². The Kier molecular flexibility index (Phi) is 8.46. The predicted molar refractivity (Wildman–Crippen MR) is 128 cm³/mol. The number of nitrogens with zero attached hydrogens (tertiary/aromatic N) is 3. The van der Waals surface area contributed by atoms with Crippen LogP contribution in [0.4, 0.5) is 0 Å². The molecule has 4 rings (SSSR count). The van der Waals surface area contributed by atoms with Crippen LogP contribution in [0.25, 0.3) is 16.3 Å². The largest absolute Gasteiger partial charge is 0.365 e. The summed E-state index contributed by atoms with van der Waals surface area (Å²) in [5, 5.41) is 12.5. The van der Waals surface area contributed by atoms with E-state index in [4.69, 9.17) is 5.73 Å². The summed E-state index contributed by atoms with van der Waals surface area (Å²) < 4.78 is 1.60. The third-order valence-electron chi connectivity index (χ3n) is 5.44. The number of hydrogen-bond donors (Lipinski definition) is 2. The summed E-state index contributed by atoms with van der Waals surface area (Å²) in [4.78, 5) is 32.9. The number of primary amides is 1. The number of hydrogen-bond acceptors (Lipinski definition) is 5. The molecule has 0 atom stereocenters. The van der Waals surface area contributed by atoms with Crippen LogP contribution in [0.1, 0.15) is 60.6 Å². The maximum Gasteiger partial charge on any atom is 0.272 e. The van der Waals surface area contributed by atoms with Gasteiger partial charge in [-0.05, 0) is 37.0 Å². The average molecular weight is 448 g/mol. The molecular formula is C25H29N5O3. The predicted octanol–water partition coefficient (Wildman–Crippen LogP) is 3.61.